The standard InChI is InChI=1S/C20H29N5O2S.HI/c1-4-21-20(24(3)16-18-9-7-13-23(18)2)22-12-15-28(26,27)25-14-11-17-8-5-6-10-19(17)25;/h5-10,13H,4,11-12,14-16H2,1-3H3,(H,21,22);1H. The molecule has 160 valence electrons. The molecule has 0 aliphatic carbocycles. The number of nitrogens with zero attached hydrogens (tertiary/aromatic N) is 4. The first-order valence-electron chi connectivity index (χ1n) is 9.60. The molecule has 1 aliphatic heterocycles. The highest BCUT2D eigenvalue weighted by Gasteiger charge is 2.28. The lowest BCUT2D eigenvalue weighted by Gasteiger charge is -2.23. The van der Waals surface area contributed by atoms with Gasteiger partial charge in [0.1, 0.15) is 0 Å². The molecule has 0 atom stereocenters. The summed E-state index contributed by atoms with van der Waals surface area (Å²) < 4.78 is 29.2. The zero-order valence-electron chi connectivity index (χ0n) is 17.2. The Bertz CT molecular complexity index is 942. The molecular weight excluding hydrogens is 501 g/mol. The van der Waals surface area contributed by atoms with Crippen LogP contribution in [0.25, 0.3) is 0 Å². The second-order valence-electron chi connectivity index (χ2n) is 6.97. The Balaban J connectivity index is 0.00000300. The van der Waals surface area contributed by atoms with E-state index in [4.69, 9.17) is 0 Å². The Morgan fingerprint density at radius 3 is 2.69 bits per heavy atom. The molecule has 0 spiro atoms. The predicted molar refractivity (Wildman–Crippen MR) is 130 cm³/mol. The van der Waals surface area contributed by atoms with Crippen LogP contribution in [0.5, 0.6) is 0 Å². The largest absolute Gasteiger partial charge is 0.357 e. The first kappa shape index (κ1) is 23.5. The van der Waals surface area contributed by atoms with Crippen LogP contribution in [-0.2, 0) is 30.0 Å². The van der Waals surface area contributed by atoms with Gasteiger partial charge in [-0.25, -0.2) is 8.42 Å². The number of sulfonamides is 1. The number of halogens is 1. The maximum Gasteiger partial charge on any atom is 0.237 e. The maximum atomic E-state index is 12.8. The summed E-state index contributed by atoms with van der Waals surface area (Å²) in [7, 11) is 0.575. The molecule has 2 aromatic rings. The third-order valence-electron chi connectivity index (χ3n) is 4.94. The van der Waals surface area contributed by atoms with Crippen molar-refractivity contribution < 1.29 is 8.42 Å². The molecule has 0 saturated carbocycles. The average Bonchev–Trinajstić information content (AvgIpc) is 3.27. The Hall–Kier alpha value is -1.75. The van der Waals surface area contributed by atoms with Gasteiger partial charge in [0, 0.05) is 39.1 Å². The zero-order valence-corrected chi connectivity index (χ0v) is 20.4. The Morgan fingerprint density at radius 2 is 2.00 bits per heavy atom. The molecule has 0 unspecified atom stereocenters. The number of aryl methyl sites for hydroxylation is 1. The van der Waals surface area contributed by atoms with Crippen molar-refractivity contribution in [1.82, 2.24) is 14.8 Å². The van der Waals surface area contributed by atoms with Crippen molar-refractivity contribution in [1.29, 1.82) is 0 Å². The normalized spacial score (nSPS) is 13.8. The minimum absolute atomic E-state index is 0. The minimum Gasteiger partial charge on any atom is -0.357 e. The van der Waals surface area contributed by atoms with E-state index in [1.165, 1.54) is 4.31 Å². The number of hydrogen-bond acceptors (Lipinski definition) is 3. The van der Waals surface area contributed by atoms with Crippen LogP contribution in [0.15, 0.2) is 47.6 Å². The number of para-hydroxylation sites is 1. The highest BCUT2D eigenvalue weighted by molar-refractivity contribution is 14.0. The molecule has 1 aliphatic rings. The highest BCUT2D eigenvalue weighted by Crippen LogP contribution is 2.29. The van der Waals surface area contributed by atoms with E-state index >= 15 is 0 Å². The highest BCUT2D eigenvalue weighted by atomic mass is 127. The molecule has 1 aromatic carbocycles. The molecule has 9 heteroatoms. The first-order chi connectivity index (χ1) is 13.4. The fourth-order valence-electron chi connectivity index (χ4n) is 3.42. The molecule has 2 heterocycles. The van der Waals surface area contributed by atoms with Gasteiger partial charge in [0.2, 0.25) is 10.0 Å². The van der Waals surface area contributed by atoms with Crippen molar-refractivity contribution >= 4 is 45.6 Å². The number of benzene rings is 1. The quantitative estimate of drug-likeness (QED) is 0.339. The van der Waals surface area contributed by atoms with Crippen molar-refractivity contribution in [3.8, 4) is 0 Å². The number of anilines is 1. The van der Waals surface area contributed by atoms with Gasteiger partial charge in [-0.2, -0.15) is 0 Å². The van der Waals surface area contributed by atoms with E-state index in [1.807, 2.05) is 62.4 Å². The van der Waals surface area contributed by atoms with Crippen LogP contribution in [0, 0.1) is 0 Å². The fourth-order valence-corrected chi connectivity index (χ4v) is 4.81. The summed E-state index contributed by atoms with van der Waals surface area (Å²) in [6.07, 6.45) is 2.77. The molecule has 0 fully saturated rings. The number of aromatic nitrogens is 1. The Morgan fingerprint density at radius 1 is 1.24 bits per heavy atom. The van der Waals surface area contributed by atoms with Crippen molar-refractivity contribution in [2.24, 2.45) is 12.0 Å². The summed E-state index contributed by atoms with van der Waals surface area (Å²) in [5, 5.41) is 3.24. The molecule has 3 rings (SSSR count). The van der Waals surface area contributed by atoms with E-state index in [0.717, 1.165) is 29.9 Å². The van der Waals surface area contributed by atoms with Crippen LogP contribution in [0.4, 0.5) is 5.69 Å². The molecule has 29 heavy (non-hydrogen) atoms. The van der Waals surface area contributed by atoms with Gasteiger partial charge in [0.25, 0.3) is 0 Å². The van der Waals surface area contributed by atoms with Crippen LogP contribution in [0.3, 0.4) is 0 Å². The number of aliphatic imine (C=N–C) groups is 1. The number of nitrogens with one attached hydrogen (secondary N) is 1. The Labute approximate surface area is 190 Å². The van der Waals surface area contributed by atoms with Gasteiger partial charge >= 0.3 is 0 Å². The van der Waals surface area contributed by atoms with E-state index in [1.54, 1.807) is 0 Å². The SMILES string of the molecule is CCNC(=NCCS(=O)(=O)N1CCc2ccccc21)N(C)Cc1cccn1C.I. The van der Waals surface area contributed by atoms with Gasteiger partial charge in [0.05, 0.1) is 24.5 Å². The van der Waals surface area contributed by atoms with Gasteiger partial charge in [-0.3, -0.25) is 9.30 Å². The van der Waals surface area contributed by atoms with Crippen molar-refractivity contribution in [3.05, 3.63) is 53.9 Å². The molecule has 1 aromatic heterocycles. The van der Waals surface area contributed by atoms with Gasteiger partial charge < -0.3 is 14.8 Å². The smallest absolute Gasteiger partial charge is 0.237 e. The zero-order chi connectivity index (χ0) is 20.1. The Kier molecular flexibility index (Phi) is 8.38. The molecule has 1 N–H and O–H groups in total. The minimum atomic E-state index is -3.39. The summed E-state index contributed by atoms with van der Waals surface area (Å²) >= 11 is 0. The molecule has 0 saturated heterocycles. The van der Waals surface area contributed by atoms with Crippen LogP contribution in [0.2, 0.25) is 0 Å². The molecule has 0 amide bonds. The second-order valence-corrected chi connectivity index (χ2v) is 8.98. The molecule has 0 bridgehead atoms. The van der Waals surface area contributed by atoms with Gasteiger partial charge in [-0.05, 0) is 37.1 Å². The van der Waals surface area contributed by atoms with Crippen LogP contribution in [-0.4, -0.2) is 56.3 Å². The van der Waals surface area contributed by atoms with Crippen molar-refractivity contribution in [2.75, 3.05) is 36.7 Å². The van der Waals surface area contributed by atoms with E-state index in [9.17, 15) is 8.42 Å². The summed E-state index contributed by atoms with van der Waals surface area (Å²) in [6, 6.07) is 11.8. The van der Waals surface area contributed by atoms with Crippen LogP contribution in [0.1, 0.15) is 18.2 Å². The second kappa shape index (κ2) is 10.3. The lowest BCUT2D eigenvalue weighted by molar-refractivity contribution is 0.462. The number of rotatable bonds is 7. The van der Waals surface area contributed by atoms with Crippen LogP contribution >= 0.6 is 24.0 Å². The van der Waals surface area contributed by atoms with E-state index < -0.39 is 10.0 Å². The average molecular weight is 531 g/mol. The molecular formula is C20H30IN5O2S. The van der Waals surface area contributed by atoms with Gasteiger partial charge in [-0.1, -0.05) is 18.2 Å². The summed E-state index contributed by atoms with van der Waals surface area (Å²) in [5.74, 6) is 0.703. The first-order valence-corrected chi connectivity index (χ1v) is 11.2. The lowest BCUT2D eigenvalue weighted by atomic mass is 10.2. The third kappa shape index (κ3) is 5.65. The van der Waals surface area contributed by atoms with E-state index in [2.05, 4.69) is 20.9 Å². The summed E-state index contributed by atoms with van der Waals surface area (Å²) in [5.41, 5.74) is 3.05. The van der Waals surface area contributed by atoms with E-state index in [0.29, 0.717) is 19.0 Å². The van der Waals surface area contributed by atoms with Crippen molar-refractivity contribution in [2.45, 2.75) is 19.9 Å². The molecule has 0 radical (unpaired) electrons. The summed E-state index contributed by atoms with van der Waals surface area (Å²) in [6.45, 7) is 4.16. The molecule has 7 nitrogen and oxygen atoms in total. The predicted octanol–water partition coefficient (Wildman–Crippen LogP) is 2.43. The topological polar surface area (TPSA) is 69.9 Å². The van der Waals surface area contributed by atoms with Gasteiger partial charge in [0.15, 0.2) is 5.96 Å². The monoisotopic (exact) mass is 531 g/mol. The fraction of sp³-hybridized carbons (Fsp3) is 0.450. The van der Waals surface area contributed by atoms with Crippen molar-refractivity contribution in [3.63, 3.8) is 0 Å². The maximum absolute atomic E-state index is 12.8. The number of hydrogen-bond donors (Lipinski definition) is 1. The number of guanidine groups is 1. The summed E-state index contributed by atoms with van der Waals surface area (Å²) in [4.78, 5) is 6.56. The third-order valence-corrected chi connectivity index (χ3v) is 6.69. The number of fused-ring (bicyclic) bond motifs is 1. The van der Waals surface area contributed by atoms with Crippen LogP contribution < -0.4 is 9.62 Å². The van der Waals surface area contributed by atoms with E-state index in [-0.39, 0.29) is 36.3 Å². The lowest BCUT2D eigenvalue weighted by Crippen LogP contribution is -2.39. The van der Waals surface area contributed by atoms with Gasteiger partial charge in [-0.15, -0.1) is 24.0 Å².